The van der Waals surface area contributed by atoms with E-state index in [0.717, 1.165) is 23.7 Å². The Morgan fingerprint density at radius 2 is 1.61 bits per heavy atom. The van der Waals surface area contributed by atoms with Crippen LogP contribution in [0.4, 0.5) is 0 Å². The number of hydrogen-bond donors (Lipinski definition) is 1. The summed E-state index contributed by atoms with van der Waals surface area (Å²) in [6.45, 7) is 24.8. The molecule has 0 aliphatic carbocycles. The molecular formula is C21H35NS. The lowest BCUT2D eigenvalue weighted by Gasteiger charge is -2.32. The van der Waals surface area contributed by atoms with Gasteiger partial charge in [0.1, 0.15) is 0 Å². The van der Waals surface area contributed by atoms with Gasteiger partial charge >= 0.3 is 0 Å². The Bertz CT molecular complexity index is 591. The SMILES string of the molecule is C=C(C(C)S)C(C)(C)CCCC(C)(C)CCn1c(=C)ccc1=C. The van der Waals surface area contributed by atoms with E-state index in [1.165, 1.54) is 24.8 Å². The number of rotatable bonds is 9. The fourth-order valence-corrected chi connectivity index (χ4v) is 3.47. The molecule has 0 radical (unpaired) electrons. The molecule has 23 heavy (non-hydrogen) atoms. The molecule has 1 rings (SSSR count). The summed E-state index contributed by atoms with van der Waals surface area (Å²) in [5.41, 5.74) is 1.74. The molecular weight excluding hydrogens is 298 g/mol. The van der Waals surface area contributed by atoms with Crippen LogP contribution in [0.1, 0.15) is 60.3 Å². The van der Waals surface area contributed by atoms with Gasteiger partial charge in [-0.2, -0.15) is 12.6 Å². The maximum atomic E-state index is 4.54. The summed E-state index contributed by atoms with van der Waals surface area (Å²) >= 11 is 4.54. The van der Waals surface area contributed by atoms with Crippen LogP contribution in [0.25, 0.3) is 13.2 Å². The van der Waals surface area contributed by atoms with Crippen molar-refractivity contribution in [3.8, 4) is 0 Å². The van der Waals surface area contributed by atoms with Crippen LogP contribution in [-0.4, -0.2) is 9.82 Å². The molecule has 1 atom stereocenters. The van der Waals surface area contributed by atoms with Crippen molar-refractivity contribution in [2.45, 2.75) is 72.1 Å². The van der Waals surface area contributed by atoms with Gasteiger partial charge in [0.25, 0.3) is 0 Å². The highest BCUT2D eigenvalue weighted by Crippen LogP contribution is 2.37. The second-order valence-corrected chi connectivity index (χ2v) is 9.10. The van der Waals surface area contributed by atoms with E-state index in [4.69, 9.17) is 0 Å². The summed E-state index contributed by atoms with van der Waals surface area (Å²) in [7, 11) is 0. The Morgan fingerprint density at radius 1 is 1.09 bits per heavy atom. The van der Waals surface area contributed by atoms with Crippen molar-refractivity contribution >= 4 is 25.8 Å². The molecule has 0 saturated heterocycles. The first kappa shape index (κ1) is 20.2. The molecule has 0 amide bonds. The molecule has 0 spiro atoms. The van der Waals surface area contributed by atoms with Crippen molar-refractivity contribution in [1.29, 1.82) is 0 Å². The van der Waals surface area contributed by atoms with Crippen LogP contribution in [0.2, 0.25) is 0 Å². The van der Waals surface area contributed by atoms with Crippen LogP contribution in [0.15, 0.2) is 24.3 Å². The monoisotopic (exact) mass is 333 g/mol. The molecule has 0 bridgehead atoms. The summed E-state index contributed by atoms with van der Waals surface area (Å²) in [5, 5.41) is 2.38. The molecule has 0 N–H and O–H groups in total. The van der Waals surface area contributed by atoms with Crippen molar-refractivity contribution in [3.05, 3.63) is 35.0 Å². The lowest BCUT2D eigenvalue weighted by Crippen LogP contribution is -2.28. The Morgan fingerprint density at radius 3 is 2.09 bits per heavy atom. The maximum Gasteiger partial charge on any atom is 0.0338 e. The number of nitrogens with zero attached hydrogens (tertiary/aromatic N) is 1. The third-order valence-electron chi connectivity index (χ3n) is 5.20. The maximum absolute atomic E-state index is 4.54. The summed E-state index contributed by atoms with van der Waals surface area (Å²) in [6, 6.07) is 4.09. The topological polar surface area (TPSA) is 4.93 Å². The van der Waals surface area contributed by atoms with Gasteiger partial charge < -0.3 is 4.57 Å². The van der Waals surface area contributed by atoms with E-state index < -0.39 is 0 Å². The molecule has 1 unspecified atom stereocenters. The highest BCUT2D eigenvalue weighted by atomic mass is 32.1. The zero-order valence-electron chi connectivity index (χ0n) is 15.8. The highest BCUT2D eigenvalue weighted by molar-refractivity contribution is 7.81. The van der Waals surface area contributed by atoms with Crippen LogP contribution in [-0.2, 0) is 6.54 Å². The van der Waals surface area contributed by atoms with Gasteiger partial charge in [-0.3, -0.25) is 0 Å². The lowest BCUT2D eigenvalue weighted by atomic mass is 9.76. The third kappa shape index (κ3) is 5.91. The van der Waals surface area contributed by atoms with Gasteiger partial charge in [-0.1, -0.05) is 59.4 Å². The van der Waals surface area contributed by atoms with E-state index in [0.29, 0.717) is 5.41 Å². The Labute approximate surface area is 148 Å². The normalized spacial score (nSPS) is 14.0. The minimum absolute atomic E-state index is 0.165. The average molecular weight is 334 g/mol. The number of thiol groups is 1. The Kier molecular flexibility index (Phi) is 6.82. The zero-order chi connectivity index (χ0) is 17.8. The molecule has 0 aromatic carbocycles. The predicted molar refractivity (Wildman–Crippen MR) is 108 cm³/mol. The minimum Gasteiger partial charge on any atom is -0.342 e. The van der Waals surface area contributed by atoms with Crippen molar-refractivity contribution in [3.63, 3.8) is 0 Å². The molecule has 0 aliphatic heterocycles. The Hall–Kier alpha value is -0.890. The molecule has 2 heteroatoms. The van der Waals surface area contributed by atoms with E-state index in [2.05, 4.69) is 71.6 Å². The molecule has 130 valence electrons. The predicted octanol–water partition coefficient (Wildman–Crippen LogP) is 4.80. The van der Waals surface area contributed by atoms with E-state index in [1.807, 2.05) is 12.1 Å². The van der Waals surface area contributed by atoms with Crippen LogP contribution in [0.5, 0.6) is 0 Å². The largest absolute Gasteiger partial charge is 0.342 e. The van der Waals surface area contributed by atoms with Gasteiger partial charge in [-0.05, 0) is 49.1 Å². The van der Waals surface area contributed by atoms with E-state index >= 15 is 0 Å². The molecule has 1 aromatic heterocycles. The second kappa shape index (κ2) is 7.79. The van der Waals surface area contributed by atoms with Gasteiger partial charge in [0.2, 0.25) is 0 Å². The van der Waals surface area contributed by atoms with Gasteiger partial charge in [-0.15, -0.1) is 0 Å². The first-order chi connectivity index (χ1) is 10.5. The summed E-state index contributed by atoms with van der Waals surface area (Å²) < 4.78 is 2.22. The van der Waals surface area contributed by atoms with Gasteiger partial charge in [0.15, 0.2) is 0 Å². The van der Waals surface area contributed by atoms with Crippen molar-refractivity contribution in [2.24, 2.45) is 10.8 Å². The first-order valence-corrected chi connectivity index (χ1v) is 9.19. The molecule has 0 fully saturated rings. The van der Waals surface area contributed by atoms with Crippen molar-refractivity contribution in [1.82, 2.24) is 4.57 Å². The summed E-state index contributed by atoms with van der Waals surface area (Å²) in [4.78, 5) is 0. The molecule has 0 aliphatic rings. The minimum atomic E-state index is 0.165. The van der Waals surface area contributed by atoms with Crippen LogP contribution in [0, 0.1) is 10.8 Å². The van der Waals surface area contributed by atoms with Crippen LogP contribution >= 0.6 is 12.6 Å². The lowest BCUT2D eigenvalue weighted by molar-refractivity contribution is 0.257. The fraction of sp³-hybridized carbons (Fsp3) is 0.619. The van der Waals surface area contributed by atoms with Gasteiger partial charge in [0.05, 0.1) is 0 Å². The highest BCUT2D eigenvalue weighted by Gasteiger charge is 2.25. The summed E-state index contributed by atoms with van der Waals surface area (Å²) in [5.74, 6) is 0. The van der Waals surface area contributed by atoms with Crippen molar-refractivity contribution < 1.29 is 0 Å². The Balaban J connectivity index is 2.51. The standard InChI is InChI=1S/C21H35NS/c1-16-10-11-17(2)22(16)15-14-20(5,6)12-9-13-21(7,8)18(3)19(4)23/h10-11,19,23H,1-3,9,12-15H2,4-8H3. The van der Waals surface area contributed by atoms with E-state index in [1.54, 1.807) is 0 Å². The number of aromatic nitrogens is 1. The van der Waals surface area contributed by atoms with Gasteiger partial charge in [0, 0.05) is 22.5 Å². The molecule has 0 saturated carbocycles. The van der Waals surface area contributed by atoms with Crippen LogP contribution < -0.4 is 10.7 Å². The second-order valence-electron chi connectivity index (χ2n) is 8.32. The van der Waals surface area contributed by atoms with Crippen molar-refractivity contribution in [2.75, 3.05) is 0 Å². The smallest absolute Gasteiger partial charge is 0.0338 e. The summed E-state index contributed by atoms with van der Waals surface area (Å²) in [6.07, 6.45) is 4.77. The molecule has 1 aromatic rings. The van der Waals surface area contributed by atoms with Crippen LogP contribution in [0.3, 0.4) is 0 Å². The molecule has 1 nitrogen and oxygen atoms in total. The van der Waals surface area contributed by atoms with E-state index in [-0.39, 0.29) is 10.7 Å². The quantitative estimate of drug-likeness (QED) is 0.489. The van der Waals surface area contributed by atoms with Gasteiger partial charge in [-0.25, -0.2) is 0 Å². The molecule has 1 heterocycles. The number of hydrogen-bond acceptors (Lipinski definition) is 1. The first-order valence-electron chi connectivity index (χ1n) is 8.67. The average Bonchev–Trinajstić information content (AvgIpc) is 2.74. The van der Waals surface area contributed by atoms with E-state index in [9.17, 15) is 0 Å². The fourth-order valence-electron chi connectivity index (χ4n) is 3.12. The third-order valence-corrected chi connectivity index (χ3v) is 5.51. The zero-order valence-corrected chi connectivity index (χ0v) is 16.7.